The van der Waals surface area contributed by atoms with Crippen LogP contribution in [0.4, 0.5) is 11.4 Å². The Kier molecular flexibility index (Phi) is 12.9. The number of benzene rings is 2. The minimum atomic E-state index is -4.98. The van der Waals surface area contributed by atoms with Crippen molar-refractivity contribution in [1.29, 1.82) is 0 Å². The van der Waals surface area contributed by atoms with Crippen LogP contribution >= 0.6 is 0 Å². The second-order valence-electron chi connectivity index (χ2n) is 6.82. The SMILES string of the molecule is CC(=O)Nc1cc([As](=O)(O)O)ccc1O.CC(=O)Nc1cc([As](=O)(O)O)ccc1O.O=C(O)CC(=O)O. The number of carbonyl (C=O) groups is 4. The van der Waals surface area contributed by atoms with E-state index in [1.54, 1.807) is 0 Å². The number of carboxylic acid groups (broad SMARTS) is 2. The molecule has 0 atom stereocenters. The standard InChI is InChI=1S/2C8H10AsNO5.C3H4O4/c2*1-5(11)10-7-4-6(9(13,14)15)2-3-8(7)12;4-2(5)1-3(6)7/h2*2-4,12H,1H3,(H,10,11)(H2,13,14,15);1H2,(H,4,5)(H,6,7). The third-order valence-electron chi connectivity index (χ3n) is 3.56. The van der Waals surface area contributed by atoms with E-state index in [9.17, 15) is 36.9 Å². The number of anilines is 2. The third kappa shape index (κ3) is 14.0. The van der Waals surface area contributed by atoms with Crippen LogP contribution in [0.5, 0.6) is 11.5 Å². The maximum atomic E-state index is 10.9. The Morgan fingerprint density at radius 2 is 0.973 bits per heavy atom. The van der Waals surface area contributed by atoms with Gasteiger partial charge in [0.1, 0.15) is 6.42 Å². The van der Waals surface area contributed by atoms with Crippen molar-refractivity contribution >= 4 is 72.2 Å². The molecule has 0 unspecified atom stereocenters. The molecule has 2 aromatic rings. The van der Waals surface area contributed by atoms with Crippen molar-refractivity contribution in [1.82, 2.24) is 0 Å². The summed E-state index contributed by atoms with van der Waals surface area (Å²) in [5.74, 6) is -3.96. The molecular weight excluding hydrogens is 630 g/mol. The van der Waals surface area contributed by atoms with Crippen molar-refractivity contribution in [2.45, 2.75) is 20.3 Å². The van der Waals surface area contributed by atoms with E-state index in [0.717, 1.165) is 36.4 Å². The summed E-state index contributed by atoms with van der Waals surface area (Å²) < 4.78 is 57.2. The van der Waals surface area contributed by atoms with Gasteiger partial charge in [-0.1, -0.05) is 0 Å². The maximum absolute atomic E-state index is 10.9. The molecule has 18 heteroatoms. The van der Waals surface area contributed by atoms with Crippen molar-refractivity contribution in [3.8, 4) is 11.5 Å². The summed E-state index contributed by atoms with van der Waals surface area (Å²) in [5, 5.41) is 38.5. The molecule has 0 aliphatic heterocycles. The fraction of sp³-hybridized carbons (Fsp3) is 0.158. The van der Waals surface area contributed by atoms with Gasteiger partial charge in [-0.25, -0.2) is 0 Å². The monoisotopic (exact) mass is 654 g/mol. The molecule has 0 aliphatic carbocycles. The molecule has 0 heterocycles. The number of carboxylic acids is 2. The van der Waals surface area contributed by atoms with Crippen LogP contribution in [0.2, 0.25) is 0 Å². The first-order valence-electron chi connectivity index (χ1n) is 9.51. The smallest absolute Gasteiger partial charge is 0.314 e. The molecule has 10 N–H and O–H groups in total. The Morgan fingerprint density at radius 1 is 0.676 bits per heavy atom. The van der Waals surface area contributed by atoms with Gasteiger partial charge in [0.15, 0.2) is 0 Å². The molecule has 0 saturated heterocycles. The number of aliphatic carboxylic acids is 2. The van der Waals surface area contributed by atoms with Gasteiger partial charge < -0.3 is 10.2 Å². The molecule has 2 rings (SSSR count). The van der Waals surface area contributed by atoms with Crippen molar-refractivity contribution in [2.24, 2.45) is 0 Å². The van der Waals surface area contributed by atoms with Crippen LogP contribution in [0.25, 0.3) is 0 Å². The zero-order valence-electron chi connectivity index (χ0n) is 19.1. The number of amides is 2. The predicted octanol–water partition coefficient (Wildman–Crippen LogP) is -2.63. The summed E-state index contributed by atoms with van der Waals surface area (Å²) in [6.07, 6.45) is -0.806. The molecule has 2 aromatic carbocycles. The van der Waals surface area contributed by atoms with Crippen LogP contribution in [0.3, 0.4) is 0 Å². The van der Waals surface area contributed by atoms with Crippen LogP contribution in [0.1, 0.15) is 20.3 Å². The van der Waals surface area contributed by atoms with Crippen LogP contribution in [-0.4, -0.2) is 88.9 Å². The molecule has 0 saturated carbocycles. The van der Waals surface area contributed by atoms with E-state index in [1.165, 1.54) is 13.8 Å². The first-order valence-corrected chi connectivity index (χ1v) is 16.3. The average molecular weight is 654 g/mol. The number of phenols is 2. The molecule has 0 fully saturated rings. The molecule has 0 aromatic heterocycles. The van der Waals surface area contributed by atoms with Crippen LogP contribution in [0, 0.1) is 0 Å². The Labute approximate surface area is 214 Å². The van der Waals surface area contributed by atoms with Gasteiger partial charge in [-0.05, 0) is 0 Å². The molecule has 37 heavy (non-hydrogen) atoms. The van der Waals surface area contributed by atoms with E-state index in [0.29, 0.717) is 0 Å². The largest absolute Gasteiger partial charge is 0.481 e. The third-order valence-corrected chi connectivity index (χ3v) is 7.55. The van der Waals surface area contributed by atoms with E-state index in [1.807, 2.05) is 0 Å². The van der Waals surface area contributed by atoms with Gasteiger partial charge in [-0.2, -0.15) is 0 Å². The number of rotatable bonds is 6. The van der Waals surface area contributed by atoms with Crippen LogP contribution < -0.4 is 19.3 Å². The number of hydrogen-bond donors (Lipinski definition) is 10. The van der Waals surface area contributed by atoms with Gasteiger partial charge >= 0.3 is 188 Å². The second-order valence-corrected chi connectivity index (χ2v) is 13.6. The van der Waals surface area contributed by atoms with E-state index in [-0.39, 0.29) is 31.6 Å². The summed E-state index contributed by atoms with van der Waals surface area (Å²) in [6, 6.07) is 6.64. The van der Waals surface area contributed by atoms with Crippen LogP contribution in [0.15, 0.2) is 36.4 Å². The molecule has 0 bridgehead atoms. The summed E-state index contributed by atoms with van der Waals surface area (Å²) in [6.45, 7) is 2.46. The minimum absolute atomic E-state index is 0.00951. The fourth-order valence-electron chi connectivity index (χ4n) is 2.12. The first-order chi connectivity index (χ1) is 16.7. The normalized spacial score (nSPS) is 10.5. The second kappa shape index (κ2) is 14.3. The molecule has 2 amide bonds. The van der Waals surface area contributed by atoms with Gasteiger partial charge in [-0.15, -0.1) is 0 Å². The first kappa shape index (κ1) is 33.5. The number of aromatic hydroxyl groups is 2. The van der Waals surface area contributed by atoms with Gasteiger partial charge in [0, 0.05) is 0 Å². The molecular formula is C19H24As2N2O14. The summed E-state index contributed by atoms with van der Waals surface area (Å²) in [7, 11) is 0. The molecule has 204 valence electrons. The average Bonchev–Trinajstić information content (AvgIpc) is 2.69. The van der Waals surface area contributed by atoms with Crippen molar-refractivity contribution < 1.29 is 63.5 Å². The maximum Gasteiger partial charge on any atom is 0.314 e. The zero-order chi connectivity index (χ0) is 29.1. The molecule has 0 aliphatic rings. The van der Waals surface area contributed by atoms with E-state index < -0.39 is 58.5 Å². The van der Waals surface area contributed by atoms with E-state index >= 15 is 0 Å². The number of phenolic OH excluding ortho intramolecular Hbond substituents is 2. The Balaban J connectivity index is 0.000000563. The van der Waals surface area contributed by atoms with Gasteiger partial charge in [0.2, 0.25) is 0 Å². The van der Waals surface area contributed by atoms with Gasteiger partial charge in [-0.3, -0.25) is 9.59 Å². The van der Waals surface area contributed by atoms with Gasteiger partial charge in [0.05, 0.1) is 0 Å². The molecule has 0 radical (unpaired) electrons. The van der Waals surface area contributed by atoms with Crippen LogP contribution in [-0.2, 0) is 26.7 Å². The number of nitrogens with one attached hydrogen (secondary N) is 2. The predicted molar refractivity (Wildman–Crippen MR) is 126 cm³/mol. The Hall–Kier alpha value is -3.52. The summed E-state index contributed by atoms with van der Waals surface area (Å²) >= 11 is -9.97. The zero-order valence-corrected chi connectivity index (χ0v) is 22.8. The quantitative estimate of drug-likeness (QED) is 0.0867. The number of carbonyl (C=O) groups excluding carboxylic acids is 2. The van der Waals surface area contributed by atoms with Crippen molar-refractivity contribution in [2.75, 3.05) is 10.6 Å². The topological polar surface area (TPSA) is 288 Å². The van der Waals surface area contributed by atoms with Crippen molar-refractivity contribution in [3.05, 3.63) is 36.4 Å². The summed E-state index contributed by atoms with van der Waals surface area (Å²) in [5.41, 5.74) is -0.0190. The Morgan fingerprint density at radius 3 is 1.16 bits per heavy atom. The minimum Gasteiger partial charge on any atom is -0.481 e. The van der Waals surface area contributed by atoms with Crippen molar-refractivity contribution in [3.63, 3.8) is 0 Å². The Bertz CT molecular complexity index is 1160. The molecule has 0 spiro atoms. The van der Waals surface area contributed by atoms with Gasteiger partial charge in [0.25, 0.3) is 0 Å². The number of hydrogen-bond acceptors (Lipinski definition) is 8. The summed E-state index contributed by atoms with van der Waals surface area (Å²) in [4.78, 5) is 40.3. The fourth-order valence-corrected chi connectivity index (χ4v) is 4.49. The van der Waals surface area contributed by atoms with E-state index in [4.69, 9.17) is 26.6 Å². The van der Waals surface area contributed by atoms with E-state index in [2.05, 4.69) is 10.6 Å². The molecule has 16 nitrogen and oxygen atoms in total.